The number of carbonyl (C=O) groups is 2. The quantitative estimate of drug-likeness (QED) is 0.787. The fourth-order valence-corrected chi connectivity index (χ4v) is 2.80. The number of para-hydroxylation sites is 1. The topological polar surface area (TPSA) is 49.9 Å². The molecule has 2 heterocycles. The number of likely N-dealkylation sites (N-methyl/N-ethyl adjacent to an activating group) is 1. The first-order valence-corrected chi connectivity index (χ1v) is 6.42. The van der Waals surface area contributed by atoms with E-state index in [4.69, 9.17) is 16.3 Å². The van der Waals surface area contributed by atoms with Crippen molar-refractivity contribution < 1.29 is 14.3 Å². The van der Waals surface area contributed by atoms with Gasteiger partial charge in [-0.05, 0) is 12.1 Å². The molecule has 0 spiro atoms. The lowest BCUT2D eigenvalue weighted by atomic mass is 9.98. The number of nitrogens with zero attached hydrogens (tertiary/aromatic N) is 2. The van der Waals surface area contributed by atoms with Gasteiger partial charge in [0, 0.05) is 7.05 Å². The number of ether oxygens (including phenoxy) is 1. The molecule has 0 bridgehead atoms. The van der Waals surface area contributed by atoms with Crippen molar-refractivity contribution in [1.82, 2.24) is 4.90 Å². The molecule has 0 N–H and O–H groups in total. The third kappa shape index (κ3) is 1.81. The average molecular weight is 281 g/mol. The molecule has 5 nitrogen and oxygen atoms in total. The Morgan fingerprint density at radius 3 is 2.74 bits per heavy atom. The van der Waals surface area contributed by atoms with E-state index in [0.29, 0.717) is 23.9 Å². The third-order valence-corrected chi connectivity index (χ3v) is 3.99. The lowest BCUT2D eigenvalue weighted by Gasteiger charge is -2.39. The molecule has 6 heteroatoms. The van der Waals surface area contributed by atoms with Crippen LogP contribution < -0.4 is 4.90 Å². The Kier molecular flexibility index (Phi) is 2.95. The molecule has 0 saturated carbocycles. The van der Waals surface area contributed by atoms with Crippen molar-refractivity contribution in [1.29, 1.82) is 0 Å². The summed E-state index contributed by atoms with van der Waals surface area (Å²) in [7, 11) is 1.69. The molecule has 2 aliphatic rings. The van der Waals surface area contributed by atoms with E-state index < -0.39 is 0 Å². The van der Waals surface area contributed by atoms with Crippen LogP contribution in [-0.4, -0.2) is 43.1 Å². The summed E-state index contributed by atoms with van der Waals surface area (Å²) in [5.74, 6) is -0.544. The molecule has 2 aliphatic heterocycles. The summed E-state index contributed by atoms with van der Waals surface area (Å²) >= 11 is 6.08. The zero-order valence-corrected chi connectivity index (χ0v) is 11.1. The molecule has 100 valence electrons. The van der Waals surface area contributed by atoms with Gasteiger partial charge in [-0.3, -0.25) is 4.79 Å². The van der Waals surface area contributed by atoms with Crippen molar-refractivity contribution in [3.63, 3.8) is 0 Å². The maximum atomic E-state index is 12.5. The summed E-state index contributed by atoms with van der Waals surface area (Å²) in [6.07, 6.45) is 0. The fraction of sp³-hybridized carbons (Fsp3) is 0.385. The molecule has 2 fully saturated rings. The van der Waals surface area contributed by atoms with Crippen LogP contribution in [0.3, 0.4) is 0 Å². The van der Waals surface area contributed by atoms with E-state index in [-0.39, 0.29) is 23.9 Å². The molecule has 2 atom stereocenters. The Morgan fingerprint density at radius 1 is 1.26 bits per heavy atom. The summed E-state index contributed by atoms with van der Waals surface area (Å²) in [5.41, 5.74) is 0.427. The van der Waals surface area contributed by atoms with Crippen LogP contribution in [-0.2, 0) is 9.53 Å². The Morgan fingerprint density at radius 2 is 2.00 bits per heavy atom. The highest BCUT2D eigenvalue weighted by atomic mass is 35.5. The number of amides is 3. The first-order chi connectivity index (χ1) is 9.11. The fourth-order valence-electron chi connectivity index (χ4n) is 2.58. The maximum absolute atomic E-state index is 12.5. The molecule has 2 saturated heterocycles. The number of anilines is 1. The summed E-state index contributed by atoms with van der Waals surface area (Å²) < 4.78 is 5.32. The number of benzene rings is 1. The highest BCUT2D eigenvalue weighted by molar-refractivity contribution is 6.35. The number of fused-ring (bicyclic) bond motifs is 1. The first kappa shape index (κ1) is 12.4. The van der Waals surface area contributed by atoms with E-state index in [1.54, 1.807) is 36.2 Å². The van der Waals surface area contributed by atoms with E-state index in [1.807, 2.05) is 0 Å². The van der Waals surface area contributed by atoms with Crippen LogP contribution in [0.15, 0.2) is 24.3 Å². The minimum Gasteiger partial charge on any atom is -0.378 e. The normalized spacial score (nSPS) is 26.8. The molecule has 19 heavy (non-hydrogen) atoms. The second-order valence-corrected chi connectivity index (χ2v) is 5.14. The summed E-state index contributed by atoms with van der Waals surface area (Å²) in [6, 6.07) is 6.31. The first-order valence-electron chi connectivity index (χ1n) is 6.04. The number of hydrogen-bond acceptors (Lipinski definition) is 3. The van der Waals surface area contributed by atoms with E-state index in [9.17, 15) is 9.59 Å². The maximum Gasteiger partial charge on any atom is 0.331 e. The Labute approximate surface area is 115 Å². The minimum absolute atomic E-state index is 0.168. The molecule has 0 aromatic heterocycles. The molecule has 1 aromatic carbocycles. The van der Waals surface area contributed by atoms with Crippen molar-refractivity contribution in [3.8, 4) is 0 Å². The van der Waals surface area contributed by atoms with Crippen LogP contribution >= 0.6 is 11.6 Å². The number of halogens is 1. The van der Waals surface area contributed by atoms with Gasteiger partial charge in [0.2, 0.25) is 5.91 Å². The minimum atomic E-state index is -0.357. The zero-order valence-electron chi connectivity index (χ0n) is 10.4. The van der Waals surface area contributed by atoms with Gasteiger partial charge < -0.3 is 9.64 Å². The molecular formula is C13H13ClN2O3. The zero-order chi connectivity index (χ0) is 13.6. The standard InChI is InChI=1S/C13H13ClN2O3/c1-15-11-7-19-6-8(11)12(17)16(13(15)18)10-5-3-2-4-9(10)14/h2-5,8,11H,6-7H2,1H3. The Bertz CT molecular complexity index is 548. The van der Waals surface area contributed by atoms with Crippen molar-refractivity contribution >= 4 is 29.2 Å². The van der Waals surface area contributed by atoms with Crippen molar-refractivity contribution in [3.05, 3.63) is 29.3 Å². The van der Waals surface area contributed by atoms with Gasteiger partial charge in [0.05, 0.1) is 35.9 Å². The van der Waals surface area contributed by atoms with Gasteiger partial charge in [0.1, 0.15) is 0 Å². The summed E-state index contributed by atoms with van der Waals surface area (Å²) in [5, 5.41) is 0.384. The van der Waals surface area contributed by atoms with Gasteiger partial charge in [-0.1, -0.05) is 23.7 Å². The molecule has 0 aliphatic carbocycles. The van der Waals surface area contributed by atoms with Crippen LogP contribution in [0.4, 0.5) is 10.5 Å². The average Bonchev–Trinajstić information content (AvgIpc) is 2.88. The van der Waals surface area contributed by atoms with Gasteiger partial charge in [-0.25, -0.2) is 9.69 Å². The summed E-state index contributed by atoms with van der Waals surface area (Å²) in [6.45, 7) is 0.761. The molecule has 3 rings (SSSR count). The molecule has 2 unspecified atom stereocenters. The summed E-state index contributed by atoms with van der Waals surface area (Å²) in [4.78, 5) is 27.5. The Balaban J connectivity index is 2.03. The van der Waals surface area contributed by atoms with Gasteiger partial charge in [-0.15, -0.1) is 0 Å². The molecular weight excluding hydrogens is 268 g/mol. The second-order valence-electron chi connectivity index (χ2n) is 4.73. The predicted octanol–water partition coefficient (Wildman–Crippen LogP) is 1.75. The second kappa shape index (κ2) is 4.51. The van der Waals surface area contributed by atoms with E-state index in [0.717, 1.165) is 4.90 Å². The van der Waals surface area contributed by atoms with Crippen LogP contribution in [0.1, 0.15) is 0 Å². The lowest BCUT2D eigenvalue weighted by molar-refractivity contribution is -0.124. The van der Waals surface area contributed by atoms with Gasteiger partial charge >= 0.3 is 6.03 Å². The Hall–Kier alpha value is -1.59. The van der Waals surface area contributed by atoms with Gasteiger partial charge in [0.15, 0.2) is 0 Å². The highest BCUT2D eigenvalue weighted by Gasteiger charge is 2.48. The number of imide groups is 1. The van der Waals surface area contributed by atoms with Gasteiger partial charge in [0.25, 0.3) is 0 Å². The number of hydrogen-bond donors (Lipinski definition) is 0. The third-order valence-electron chi connectivity index (χ3n) is 3.67. The van der Waals surface area contributed by atoms with Crippen molar-refractivity contribution in [2.24, 2.45) is 5.92 Å². The van der Waals surface area contributed by atoms with E-state index in [2.05, 4.69) is 0 Å². The molecule has 0 radical (unpaired) electrons. The highest BCUT2D eigenvalue weighted by Crippen LogP contribution is 2.33. The van der Waals surface area contributed by atoms with Crippen LogP contribution in [0.2, 0.25) is 5.02 Å². The predicted molar refractivity (Wildman–Crippen MR) is 70.2 cm³/mol. The number of carbonyl (C=O) groups excluding carboxylic acids is 2. The lowest BCUT2D eigenvalue weighted by Crippen LogP contribution is -2.60. The van der Waals surface area contributed by atoms with Crippen LogP contribution in [0, 0.1) is 5.92 Å². The molecule has 1 aromatic rings. The number of rotatable bonds is 1. The van der Waals surface area contributed by atoms with Crippen molar-refractivity contribution in [2.45, 2.75) is 6.04 Å². The monoisotopic (exact) mass is 280 g/mol. The van der Waals surface area contributed by atoms with Crippen molar-refractivity contribution in [2.75, 3.05) is 25.2 Å². The largest absolute Gasteiger partial charge is 0.378 e. The van der Waals surface area contributed by atoms with E-state index in [1.165, 1.54) is 0 Å². The van der Waals surface area contributed by atoms with Crippen LogP contribution in [0.25, 0.3) is 0 Å². The smallest absolute Gasteiger partial charge is 0.331 e. The van der Waals surface area contributed by atoms with Crippen LogP contribution in [0.5, 0.6) is 0 Å². The molecule has 3 amide bonds. The van der Waals surface area contributed by atoms with E-state index >= 15 is 0 Å². The SMILES string of the molecule is CN1C(=O)N(c2ccccc2Cl)C(=O)C2COCC21. The number of urea groups is 1. The van der Waals surface area contributed by atoms with Gasteiger partial charge in [-0.2, -0.15) is 0 Å².